The molecule has 8 heteroatoms. The van der Waals surface area contributed by atoms with Gasteiger partial charge in [-0.3, -0.25) is 9.89 Å². The van der Waals surface area contributed by atoms with Gasteiger partial charge in [0.1, 0.15) is 0 Å². The van der Waals surface area contributed by atoms with Crippen LogP contribution in [0.2, 0.25) is 0 Å². The SMILES string of the molecule is Cc1ccc(S(=O)(=O)N2CCOCC2c2cc(=O)[nH][nH]2)cc1. The lowest BCUT2D eigenvalue weighted by molar-refractivity contribution is 0.0306. The van der Waals surface area contributed by atoms with Crippen LogP contribution in [0.15, 0.2) is 40.0 Å². The average Bonchev–Trinajstić information content (AvgIpc) is 2.94. The van der Waals surface area contributed by atoms with E-state index in [4.69, 9.17) is 4.74 Å². The summed E-state index contributed by atoms with van der Waals surface area (Å²) in [5, 5.41) is 5.14. The first kappa shape index (κ1) is 15.0. The molecule has 0 aliphatic carbocycles. The minimum Gasteiger partial charge on any atom is -0.378 e. The maximum absolute atomic E-state index is 12.9. The maximum Gasteiger partial charge on any atom is 0.264 e. The summed E-state index contributed by atoms with van der Waals surface area (Å²) >= 11 is 0. The van der Waals surface area contributed by atoms with Gasteiger partial charge in [0.2, 0.25) is 10.0 Å². The third-order valence-corrected chi connectivity index (χ3v) is 5.60. The lowest BCUT2D eigenvalue weighted by Gasteiger charge is -2.33. The zero-order valence-corrected chi connectivity index (χ0v) is 12.9. The predicted molar refractivity (Wildman–Crippen MR) is 80.0 cm³/mol. The summed E-state index contributed by atoms with van der Waals surface area (Å²) < 4.78 is 32.5. The van der Waals surface area contributed by atoms with Crippen molar-refractivity contribution in [2.45, 2.75) is 17.9 Å². The van der Waals surface area contributed by atoms with E-state index in [2.05, 4.69) is 10.2 Å². The van der Waals surface area contributed by atoms with Gasteiger partial charge < -0.3 is 9.84 Å². The topological polar surface area (TPSA) is 95.3 Å². The van der Waals surface area contributed by atoms with E-state index in [1.807, 2.05) is 6.92 Å². The number of hydrogen-bond acceptors (Lipinski definition) is 4. The van der Waals surface area contributed by atoms with Crippen LogP contribution in [0.5, 0.6) is 0 Å². The highest BCUT2D eigenvalue weighted by atomic mass is 32.2. The van der Waals surface area contributed by atoms with Gasteiger partial charge in [0.05, 0.1) is 29.8 Å². The molecule has 0 bridgehead atoms. The minimum absolute atomic E-state index is 0.207. The fraction of sp³-hybridized carbons (Fsp3) is 0.357. The molecule has 2 N–H and O–H groups in total. The van der Waals surface area contributed by atoms with Gasteiger partial charge in [0.25, 0.3) is 5.56 Å². The zero-order chi connectivity index (χ0) is 15.7. The molecular formula is C14H17N3O4S. The van der Waals surface area contributed by atoms with Crippen LogP contribution in [-0.4, -0.2) is 42.7 Å². The second kappa shape index (κ2) is 5.71. The van der Waals surface area contributed by atoms with Crippen molar-refractivity contribution in [2.24, 2.45) is 0 Å². The molecule has 0 amide bonds. The monoisotopic (exact) mass is 323 g/mol. The van der Waals surface area contributed by atoms with E-state index >= 15 is 0 Å². The van der Waals surface area contributed by atoms with Gasteiger partial charge in [0.15, 0.2) is 0 Å². The number of aromatic nitrogens is 2. The third kappa shape index (κ3) is 2.72. The molecule has 118 valence electrons. The highest BCUT2D eigenvalue weighted by molar-refractivity contribution is 7.89. The molecule has 0 radical (unpaired) electrons. The van der Waals surface area contributed by atoms with Crippen molar-refractivity contribution in [1.29, 1.82) is 0 Å². The van der Waals surface area contributed by atoms with Crippen molar-refractivity contribution in [3.8, 4) is 0 Å². The highest BCUT2D eigenvalue weighted by Crippen LogP contribution is 2.28. The Morgan fingerprint density at radius 3 is 2.59 bits per heavy atom. The minimum atomic E-state index is -3.65. The van der Waals surface area contributed by atoms with E-state index in [-0.39, 0.29) is 23.6 Å². The average molecular weight is 323 g/mol. The molecule has 7 nitrogen and oxygen atoms in total. The maximum atomic E-state index is 12.9. The number of H-pyrrole nitrogens is 2. The summed E-state index contributed by atoms with van der Waals surface area (Å²) in [7, 11) is -3.65. The molecule has 0 spiro atoms. The number of nitrogens with one attached hydrogen (secondary N) is 2. The number of nitrogens with zero attached hydrogens (tertiary/aromatic N) is 1. The fourth-order valence-electron chi connectivity index (χ4n) is 2.49. The molecular weight excluding hydrogens is 306 g/mol. The molecule has 1 atom stereocenters. The molecule has 1 aliphatic heterocycles. The number of sulfonamides is 1. The second-order valence-corrected chi connectivity index (χ2v) is 7.12. The van der Waals surface area contributed by atoms with Crippen molar-refractivity contribution in [2.75, 3.05) is 19.8 Å². The second-order valence-electron chi connectivity index (χ2n) is 5.23. The standard InChI is InChI=1S/C14H17N3O4S/c1-10-2-4-11(5-3-10)22(19,20)17-6-7-21-9-13(17)12-8-14(18)16-15-12/h2-5,8,13H,6-7,9H2,1H3,(H2,15,16,18). The van der Waals surface area contributed by atoms with Gasteiger partial charge in [-0.25, -0.2) is 8.42 Å². The lowest BCUT2D eigenvalue weighted by Crippen LogP contribution is -2.43. The summed E-state index contributed by atoms with van der Waals surface area (Å²) in [6.07, 6.45) is 0. The zero-order valence-electron chi connectivity index (χ0n) is 12.1. The first-order valence-electron chi connectivity index (χ1n) is 6.92. The molecule has 2 aromatic rings. The van der Waals surface area contributed by atoms with Crippen LogP contribution in [0.4, 0.5) is 0 Å². The predicted octanol–water partition coefficient (Wildman–Crippen LogP) is 0.774. The summed E-state index contributed by atoms with van der Waals surface area (Å²) in [4.78, 5) is 11.5. The van der Waals surface area contributed by atoms with Crippen molar-refractivity contribution < 1.29 is 13.2 Å². The molecule has 1 saturated heterocycles. The van der Waals surface area contributed by atoms with Crippen molar-refractivity contribution in [3.05, 3.63) is 51.9 Å². The normalized spacial score (nSPS) is 20.1. The summed E-state index contributed by atoms with van der Waals surface area (Å²) in [6.45, 7) is 2.68. The Bertz CT molecular complexity index is 807. The molecule has 0 saturated carbocycles. The number of ether oxygens (including phenoxy) is 1. The van der Waals surface area contributed by atoms with Gasteiger partial charge in [-0.1, -0.05) is 17.7 Å². The Morgan fingerprint density at radius 2 is 1.95 bits per heavy atom. The third-order valence-electron chi connectivity index (χ3n) is 3.68. The summed E-state index contributed by atoms with van der Waals surface area (Å²) in [5.41, 5.74) is 1.20. The molecule has 3 rings (SSSR count). The Kier molecular flexibility index (Phi) is 3.90. The number of morpholine rings is 1. The Labute approximate surface area is 128 Å². The van der Waals surface area contributed by atoms with Gasteiger partial charge in [-0.15, -0.1) is 0 Å². The molecule has 2 heterocycles. The van der Waals surface area contributed by atoms with E-state index in [0.717, 1.165) is 5.56 Å². The van der Waals surface area contributed by atoms with E-state index < -0.39 is 16.1 Å². The van der Waals surface area contributed by atoms with Crippen LogP contribution in [0, 0.1) is 6.92 Å². The van der Waals surface area contributed by atoms with Crippen LogP contribution >= 0.6 is 0 Å². The molecule has 1 fully saturated rings. The Hall–Kier alpha value is -1.90. The summed E-state index contributed by atoms with van der Waals surface area (Å²) in [6, 6.07) is 7.53. The number of hydrogen-bond donors (Lipinski definition) is 2. The smallest absolute Gasteiger partial charge is 0.264 e. The quantitative estimate of drug-likeness (QED) is 0.872. The first-order chi connectivity index (χ1) is 10.5. The van der Waals surface area contributed by atoms with Gasteiger partial charge >= 0.3 is 0 Å². The van der Waals surface area contributed by atoms with Crippen LogP contribution in [0.1, 0.15) is 17.3 Å². The first-order valence-corrected chi connectivity index (χ1v) is 8.36. The van der Waals surface area contributed by atoms with E-state index in [1.54, 1.807) is 24.3 Å². The highest BCUT2D eigenvalue weighted by Gasteiger charge is 2.35. The molecule has 1 aromatic carbocycles. The molecule has 1 aromatic heterocycles. The number of aryl methyl sites for hydroxylation is 1. The van der Waals surface area contributed by atoms with Crippen LogP contribution in [0.25, 0.3) is 0 Å². The Morgan fingerprint density at radius 1 is 1.23 bits per heavy atom. The van der Waals surface area contributed by atoms with Gasteiger partial charge in [-0.2, -0.15) is 4.31 Å². The lowest BCUT2D eigenvalue weighted by atomic mass is 10.2. The van der Waals surface area contributed by atoms with Gasteiger partial charge in [-0.05, 0) is 19.1 Å². The van der Waals surface area contributed by atoms with Crippen LogP contribution < -0.4 is 5.56 Å². The van der Waals surface area contributed by atoms with Crippen LogP contribution in [0.3, 0.4) is 0 Å². The van der Waals surface area contributed by atoms with E-state index in [0.29, 0.717) is 12.3 Å². The van der Waals surface area contributed by atoms with Gasteiger partial charge in [0, 0.05) is 12.6 Å². The van der Waals surface area contributed by atoms with Crippen molar-refractivity contribution in [3.63, 3.8) is 0 Å². The fourth-order valence-corrected chi connectivity index (χ4v) is 4.07. The number of rotatable bonds is 3. The molecule has 1 aliphatic rings. The molecule has 22 heavy (non-hydrogen) atoms. The Balaban J connectivity index is 1.99. The molecule has 1 unspecified atom stereocenters. The van der Waals surface area contributed by atoms with Crippen molar-refractivity contribution in [1.82, 2.24) is 14.5 Å². The van der Waals surface area contributed by atoms with Crippen molar-refractivity contribution >= 4 is 10.0 Å². The van der Waals surface area contributed by atoms with Crippen LogP contribution in [-0.2, 0) is 14.8 Å². The van der Waals surface area contributed by atoms with E-state index in [1.165, 1.54) is 10.4 Å². The number of aromatic amines is 2. The summed E-state index contributed by atoms with van der Waals surface area (Å²) in [5.74, 6) is 0. The number of benzene rings is 1. The van der Waals surface area contributed by atoms with E-state index in [9.17, 15) is 13.2 Å². The largest absolute Gasteiger partial charge is 0.378 e.